The monoisotopic (exact) mass is 382 g/mol. The fourth-order valence-corrected chi connectivity index (χ4v) is 2.67. The molecule has 0 aliphatic heterocycles. The van der Waals surface area contributed by atoms with E-state index in [1.54, 1.807) is 54.7 Å². The van der Waals surface area contributed by atoms with Crippen LogP contribution in [0.3, 0.4) is 0 Å². The normalized spacial score (nSPS) is 10.0. The van der Waals surface area contributed by atoms with E-state index < -0.39 is 0 Å². The van der Waals surface area contributed by atoms with E-state index in [4.69, 9.17) is 28.5 Å². The van der Waals surface area contributed by atoms with Gasteiger partial charge in [-0.2, -0.15) is 5.26 Å². The second kappa shape index (κ2) is 7.87. The summed E-state index contributed by atoms with van der Waals surface area (Å²) < 4.78 is 0. The first-order valence-electron chi connectivity index (χ1n) is 7.54. The lowest BCUT2D eigenvalue weighted by atomic mass is 10.2. The fraction of sp³-hybridized carbons (Fsp3) is 0. The maximum atomic E-state index is 12.4. The van der Waals surface area contributed by atoms with Crippen LogP contribution in [0.25, 0.3) is 0 Å². The summed E-state index contributed by atoms with van der Waals surface area (Å²) in [7, 11) is 0. The molecule has 0 radical (unpaired) electrons. The highest BCUT2D eigenvalue weighted by Gasteiger charge is 2.10. The van der Waals surface area contributed by atoms with Crippen LogP contribution in [0.1, 0.15) is 15.9 Å². The Balaban J connectivity index is 1.75. The van der Waals surface area contributed by atoms with Gasteiger partial charge in [0.2, 0.25) is 0 Å². The van der Waals surface area contributed by atoms with E-state index >= 15 is 0 Å². The first kappa shape index (κ1) is 17.7. The molecule has 7 heteroatoms. The summed E-state index contributed by atoms with van der Waals surface area (Å²) in [5.74, 6) is -0.342. The summed E-state index contributed by atoms with van der Waals surface area (Å²) in [6.07, 6.45) is 3.06. The second-order valence-corrected chi connectivity index (χ2v) is 6.20. The summed E-state index contributed by atoms with van der Waals surface area (Å²) in [6.45, 7) is 0. The van der Waals surface area contributed by atoms with Gasteiger partial charge in [0.1, 0.15) is 0 Å². The smallest absolute Gasteiger partial charge is 0.257 e. The Morgan fingerprint density at radius 3 is 2.46 bits per heavy atom. The zero-order valence-electron chi connectivity index (χ0n) is 13.3. The number of carbonyl (C=O) groups is 1. The molecule has 0 aliphatic rings. The van der Waals surface area contributed by atoms with Crippen molar-refractivity contribution in [3.63, 3.8) is 0 Å². The zero-order valence-corrected chi connectivity index (χ0v) is 14.8. The minimum Gasteiger partial charge on any atom is -0.354 e. The number of anilines is 3. The fourth-order valence-electron chi connectivity index (χ4n) is 2.21. The standard InChI is InChI=1S/C19H12Cl2N4O/c20-14-3-6-18(17(21)8-14)25-19(26)13-7-16(11-23-10-13)24-15-4-1-12(9-22)2-5-15/h1-8,10-11,24H,(H,25,26). The van der Waals surface area contributed by atoms with E-state index in [0.29, 0.717) is 32.5 Å². The van der Waals surface area contributed by atoms with Crippen LogP contribution in [0, 0.1) is 11.3 Å². The lowest BCUT2D eigenvalue weighted by Crippen LogP contribution is -2.12. The molecule has 0 saturated carbocycles. The van der Waals surface area contributed by atoms with Crippen LogP contribution in [0.4, 0.5) is 17.1 Å². The third kappa shape index (κ3) is 4.31. The van der Waals surface area contributed by atoms with Crippen LogP contribution >= 0.6 is 23.2 Å². The van der Waals surface area contributed by atoms with Gasteiger partial charge in [0.25, 0.3) is 5.91 Å². The lowest BCUT2D eigenvalue weighted by molar-refractivity contribution is 0.102. The van der Waals surface area contributed by atoms with Gasteiger partial charge in [-0.05, 0) is 48.5 Å². The molecule has 0 atom stereocenters. The molecule has 0 spiro atoms. The van der Waals surface area contributed by atoms with E-state index in [1.807, 2.05) is 0 Å². The van der Waals surface area contributed by atoms with Crippen molar-refractivity contribution in [1.82, 2.24) is 4.98 Å². The largest absolute Gasteiger partial charge is 0.354 e. The second-order valence-electron chi connectivity index (χ2n) is 5.35. The van der Waals surface area contributed by atoms with Gasteiger partial charge in [-0.1, -0.05) is 23.2 Å². The molecule has 3 aromatic rings. The number of nitriles is 1. The summed E-state index contributed by atoms with van der Waals surface area (Å²) in [5, 5.41) is 15.5. The number of rotatable bonds is 4. The maximum Gasteiger partial charge on any atom is 0.257 e. The number of benzene rings is 2. The summed E-state index contributed by atoms with van der Waals surface area (Å²) >= 11 is 11.9. The Labute approximate surface area is 160 Å². The first-order chi connectivity index (χ1) is 12.5. The van der Waals surface area contributed by atoms with Gasteiger partial charge in [-0.25, -0.2) is 0 Å². The minimum absolute atomic E-state index is 0.342. The van der Waals surface area contributed by atoms with Crippen LogP contribution in [0.2, 0.25) is 10.0 Å². The summed E-state index contributed by atoms with van der Waals surface area (Å²) in [4.78, 5) is 16.5. The number of halogens is 2. The van der Waals surface area contributed by atoms with E-state index in [2.05, 4.69) is 21.7 Å². The molecule has 2 N–H and O–H groups in total. The number of hydrogen-bond acceptors (Lipinski definition) is 4. The molecule has 1 heterocycles. The van der Waals surface area contributed by atoms with Gasteiger partial charge < -0.3 is 10.6 Å². The quantitative estimate of drug-likeness (QED) is 0.645. The highest BCUT2D eigenvalue weighted by Crippen LogP contribution is 2.26. The number of aromatic nitrogens is 1. The number of pyridine rings is 1. The molecular weight excluding hydrogens is 371 g/mol. The predicted octanol–water partition coefficient (Wildman–Crippen LogP) is 5.26. The molecule has 1 amide bonds. The number of amides is 1. The lowest BCUT2D eigenvalue weighted by Gasteiger charge is -2.10. The van der Waals surface area contributed by atoms with Crippen LogP contribution < -0.4 is 10.6 Å². The molecule has 26 heavy (non-hydrogen) atoms. The SMILES string of the molecule is N#Cc1ccc(Nc2cncc(C(=O)Nc3ccc(Cl)cc3Cl)c2)cc1. The Bertz CT molecular complexity index is 997. The Kier molecular flexibility index (Phi) is 5.37. The van der Waals surface area contributed by atoms with Gasteiger partial charge >= 0.3 is 0 Å². The molecule has 128 valence electrons. The van der Waals surface area contributed by atoms with Crippen LogP contribution in [-0.2, 0) is 0 Å². The topological polar surface area (TPSA) is 77.8 Å². The molecule has 1 aromatic heterocycles. The molecule has 0 bridgehead atoms. The molecule has 0 unspecified atom stereocenters. The van der Waals surface area contributed by atoms with Crippen molar-refractivity contribution >= 4 is 46.2 Å². The van der Waals surface area contributed by atoms with Crippen molar-refractivity contribution < 1.29 is 4.79 Å². The van der Waals surface area contributed by atoms with Gasteiger partial charge in [0, 0.05) is 16.9 Å². The third-order valence-corrected chi connectivity index (χ3v) is 4.03. The van der Waals surface area contributed by atoms with Gasteiger partial charge in [-0.15, -0.1) is 0 Å². The van der Waals surface area contributed by atoms with Gasteiger partial charge in [0.05, 0.1) is 39.8 Å². The predicted molar refractivity (Wildman–Crippen MR) is 103 cm³/mol. The molecule has 3 rings (SSSR count). The average molecular weight is 383 g/mol. The number of carbonyl (C=O) groups excluding carboxylic acids is 1. The first-order valence-corrected chi connectivity index (χ1v) is 8.29. The molecular formula is C19H12Cl2N4O. The average Bonchev–Trinajstić information content (AvgIpc) is 2.65. The van der Waals surface area contributed by atoms with Crippen molar-refractivity contribution in [3.05, 3.63) is 82.1 Å². The van der Waals surface area contributed by atoms with Crippen molar-refractivity contribution in [1.29, 1.82) is 5.26 Å². The molecule has 0 saturated heterocycles. The maximum absolute atomic E-state index is 12.4. The van der Waals surface area contributed by atoms with Crippen molar-refractivity contribution in [2.75, 3.05) is 10.6 Å². The number of nitrogens with one attached hydrogen (secondary N) is 2. The van der Waals surface area contributed by atoms with E-state index in [0.717, 1.165) is 5.69 Å². The zero-order chi connectivity index (χ0) is 18.5. The highest BCUT2D eigenvalue weighted by molar-refractivity contribution is 6.36. The van der Waals surface area contributed by atoms with E-state index in [1.165, 1.54) is 6.20 Å². The molecule has 2 aromatic carbocycles. The molecule has 5 nitrogen and oxygen atoms in total. The number of hydrogen-bond donors (Lipinski definition) is 2. The number of nitrogens with zero attached hydrogens (tertiary/aromatic N) is 2. The molecule has 0 fully saturated rings. The Hall–Kier alpha value is -3.07. The van der Waals surface area contributed by atoms with Gasteiger partial charge in [-0.3, -0.25) is 9.78 Å². The van der Waals surface area contributed by atoms with E-state index in [-0.39, 0.29) is 5.91 Å². The highest BCUT2D eigenvalue weighted by atomic mass is 35.5. The van der Waals surface area contributed by atoms with Gasteiger partial charge in [0.15, 0.2) is 0 Å². The third-order valence-electron chi connectivity index (χ3n) is 3.48. The minimum atomic E-state index is -0.342. The van der Waals surface area contributed by atoms with E-state index in [9.17, 15) is 4.79 Å². The Morgan fingerprint density at radius 2 is 1.77 bits per heavy atom. The molecule has 0 aliphatic carbocycles. The van der Waals surface area contributed by atoms with Crippen LogP contribution in [-0.4, -0.2) is 10.9 Å². The van der Waals surface area contributed by atoms with Crippen LogP contribution in [0.15, 0.2) is 60.9 Å². The van der Waals surface area contributed by atoms with Crippen LogP contribution in [0.5, 0.6) is 0 Å². The summed E-state index contributed by atoms with van der Waals surface area (Å²) in [5.41, 5.74) is 2.83. The van der Waals surface area contributed by atoms with Crippen molar-refractivity contribution in [2.24, 2.45) is 0 Å². The van der Waals surface area contributed by atoms with Crippen molar-refractivity contribution in [2.45, 2.75) is 0 Å². The van der Waals surface area contributed by atoms with Crippen molar-refractivity contribution in [3.8, 4) is 6.07 Å². The summed E-state index contributed by atoms with van der Waals surface area (Å²) in [6, 6.07) is 15.5. The Morgan fingerprint density at radius 1 is 1.00 bits per heavy atom.